The summed E-state index contributed by atoms with van der Waals surface area (Å²) in [5.41, 5.74) is 1.20. The maximum Gasteiger partial charge on any atom is 0.414 e. The first-order valence-corrected chi connectivity index (χ1v) is 11.9. The SMILES string of the molecule is COc1ccc(CN2CCN(S(=O)(=O)c3ccc4ccccc4c3)CC2)cc1.O=C(O)C(=O)O. The minimum Gasteiger partial charge on any atom is -0.497 e. The van der Waals surface area contributed by atoms with Gasteiger partial charge in [0.1, 0.15) is 5.75 Å². The molecule has 0 aliphatic carbocycles. The Morgan fingerprint density at radius 3 is 2.00 bits per heavy atom. The van der Waals surface area contributed by atoms with Gasteiger partial charge in [-0.15, -0.1) is 0 Å². The van der Waals surface area contributed by atoms with Gasteiger partial charge in [-0.1, -0.05) is 42.5 Å². The van der Waals surface area contributed by atoms with Crippen molar-refractivity contribution in [2.45, 2.75) is 11.4 Å². The van der Waals surface area contributed by atoms with E-state index in [0.29, 0.717) is 18.0 Å². The Balaban J connectivity index is 0.000000481. The number of benzene rings is 3. The summed E-state index contributed by atoms with van der Waals surface area (Å²) in [6.07, 6.45) is 0. The van der Waals surface area contributed by atoms with Gasteiger partial charge in [0.2, 0.25) is 10.0 Å². The van der Waals surface area contributed by atoms with E-state index in [1.165, 1.54) is 5.56 Å². The first kappa shape index (κ1) is 25.2. The highest BCUT2D eigenvalue weighted by atomic mass is 32.2. The van der Waals surface area contributed by atoms with E-state index in [2.05, 4.69) is 17.0 Å². The minimum atomic E-state index is -3.47. The third kappa shape index (κ3) is 6.31. The van der Waals surface area contributed by atoms with Gasteiger partial charge < -0.3 is 14.9 Å². The zero-order valence-corrected chi connectivity index (χ0v) is 19.4. The summed E-state index contributed by atoms with van der Waals surface area (Å²) in [6, 6.07) is 21.2. The van der Waals surface area contributed by atoms with Gasteiger partial charge in [-0.25, -0.2) is 18.0 Å². The van der Waals surface area contributed by atoms with E-state index in [1.807, 2.05) is 42.5 Å². The van der Waals surface area contributed by atoms with Crippen molar-refractivity contribution >= 4 is 32.7 Å². The van der Waals surface area contributed by atoms with Crippen LogP contribution in [0.3, 0.4) is 0 Å². The Morgan fingerprint density at radius 1 is 0.853 bits per heavy atom. The molecule has 3 aromatic carbocycles. The van der Waals surface area contributed by atoms with Gasteiger partial charge in [0.15, 0.2) is 0 Å². The molecule has 3 aromatic rings. The average Bonchev–Trinajstić information content (AvgIpc) is 2.85. The summed E-state index contributed by atoms with van der Waals surface area (Å²) in [7, 11) is -1.81. The molecule has 2 N–H and O–H groups in total. The predicted octanol–water partition coefficient (Wildman–Crippen LogP) is 2.51. The Kier molecular flexibility index (Phi) is 8.21. The van der Waals surface area contributed by atoms with E-state index in [4.69, 9.17) is 24.5 Å². The van der Waals surface area contributed by atoms with E-state index >= 15 is 0 Å². The maximum atomic E-state index is 13.1. The number of hydrogen-bond donors (Lipinski definition) is 2. The van der Waals surface area contributed by atoms with Gasteiger partial charge in [0.25, 0.3) is 0 Å². The molecule has 1 aliphatic rings. The van der Waals surface area contributed by atoms with Crippen molar-refractivity contribution < 1.29 is 33.0 Å². The standard InChI is InChI=1S/C22H24N2O3S.C2H2O4/c1-27-21-9-6-18(7-10-21)17-23-12-14-24(15-13-23)28(25,26)22-11-8-19-4-2-3-5-20(19)16-22;3-1(4)2(5)6/h2-11,16H,12-15,17H2,1H3;(H,3,4)(H,5,6). The molecule has 9 nitrogen and oxygen atoms in total. The first-order chi connectivity index (χ1) is 16.2. The van der Waals surface area contributed by atoms with Crippen molar-refractivity contribution in [3.8, 4) is 5.75 Å². The minimum absolute atomic E-state index is 0.370. The summed E-state index contributed by atoms with van der Waals surface area (Å²) >= 11 is 0. The van der Waals surface area contributed by atoms with E-state index in [9.17, 15) is 8.42 Å². The molecule has 4 rings (SSSR count). The lowest BCUT2D eigenvalue weighted by atomic mass is 10.1. The number of aliphatic carboxylic acids is 2. The Morgan fingerprint density at radius 2 is 1.44 bits per heavy atom. The number of piperazine rings is 1. The molecular formula is C24H26N2O7S. The fourth-order valence-electron chi connectivity index (χ4n) is 3.59. The molecule has 0 bridgehead atoms. The summed E-state index contributed by atoms with van der Waals surface area (Å²) in [5.74, 6) is -2.81. The maximum absolute atomic E-state index is 13.1. The van der Waals surface area contributed by atoms with Crippen LogP contribution >= 0.6 is 0 Å². The number of carboxylic acid groups (broad SMARTS) is 2. The zero-order chi connectivity index (χ0) is 24.7. The molecule has 180 valence electrons. The molecule has 0 unspecified atom stereocenters. The molecule has 1 saturated heterocycles. The van der Waals surface area contributed by atoms with Gasteiger partial charge >= 0.3 is 11.9 Å². The number of carbonyl (C=O) groups is 2. The highest BCUT2D eigenvalue weighted by Gasteiger charge is 2.28. The number of carboxylic acids is 2. The molecule has 34 heavy (non-hydrogen) atoms. The van der Waals surface area contributed by atoms with Gasteiger partial charge in [-0.05, 0) is 40.6 Å². The second-order valence-corrected chi connectivity index (χ2v) is 9.59. The third-order valence-electron chi connectivity index (χ3n) is 5.44. The van der Waals surface area contributed by atoms with Crippen molar-refractivity contribution in [3.05, 3.63) is 72.3 Å². The third-order valence-corrected chi connectivity index (χ3v) is 7.33. The van der Waals surface area contributed by atoms with E-state index in [0.717, 1.165) is 36.2 Å². The molecular weight excluding hydrogens is 460 g/mol. The number of sulfonamides is 1. The Hall–Kier alpha value is -3.47. The number of rotatable bonds is 5. The van der Waals surface area contributed by atoms with Crippen LogP contribution in [-0.4, -0.2) is 73.1 Å². The van der Waals surface area contributed by atoms with E-state index in [1.54, 1.807) is 23.5 Å². The van der Waals surface area contributed by atoms with Crippen LogP contribution in [0.25, 0.3) is 10.8 Å². The molecule has 1 aliphatic heterocycles. The Bertz CT molecular complexity index is 1240. The molecule has 0 saturated carbocycles. The molecule has 0 amide bonds. The lowest BCUT2D eigenvalue weighted by Gasteiger charge is -2.34. The van der Waals surface area contributed by atoms with Crippen LogP contribution in [0.2, 0.25) is 0 Å². The van der Waals surface area contributed by atoms with Crippen LogP contribution in [0.1, 0.15) is 5.56 Å². The van der Waals surface area contributed by atoms with Crippen molar-refractivity contribution in [1.29, 1.82) is 0 Å². The van der Waals surface area contributed by atoms with E-state index < -0.39 is 22.0 Å². The summed E-state index contributed by atoms with van der Waals surface area (Å²) < 4.78 is 32.9. The number of ether oxygens (including phenoxy) is 1. The van der Waals surface area contributed by atoms with Crippen LogP contribution in [0.5, 0.6) is 5.75 Å². The molecule has 1 fully saturated rings. The van der Waals surface area contributed by atoms with Gasteiger partial charge in [-0.3, -0.25) is 4.90 Å². The quantitative estimate of drug-likeness (QED) is 0.527. The second kappa shape index (κ2) is 11.1. The Labute approximate surface area is 197 Å². The highest BCUT2D eigenvalue weighted by Crippen LogP contribution is 2.23. The van der Waals surface area contributed by atoms with E-state index in [-0.39, 0.29) is 0 Å². The molecule has 0 radical (unpaired) electrons. The fourth-order valence-corrected chi connectivity index (χ4v) is 5.05. The molecule has 0 atom stereocenters. The monoisotopic (exact) mass is 486 g/mol. The van der Waals surface area contributed by atoms with Gasteiger partial charge in [0, 0.05) is 32.7 Å². The van der Waals surface area contributed by atoms with Crippen molar-refractivity contribution in [3.63, 3.8) is 0 Å². The number of hydrogen-bond acceptors (Lipinski definition) is 6. The molecule has 1 heterocycles. The molecule has 10 heteroatoms. The number of methoxy groups -OCH3 is 1. The van der Waals surface area contributed by atoms with Crippen LogP contribution in [-0.2, 0) is 26.2 Å². The molecule has 0 aromatic heterocycles. The first-order valence-electron chi connectivity index (χ1n) is 10.5. The number of nitrogens with zero attached hydrogens (tertiary/aromatic N) is 2. The predicted molar refractivity (Wildman–Crippen MR) is 126 cm³/mol. The zero-order valence-electron chi connectivity index (χ0n) is 18.6. The highest BCUT2D eigenvalue weighted by molar-refractivity contribution is 7.89. The van der Waals surface area contributed by atoms with Crippen molar-refractivity contribution in [1.82, 2.24) is 9.21 Å². The lowest BCUT2D eigenvalue weighted by Crippen LogP contribution is -2.48. The second-order valence-electron chi connectivity index (χ2n) is 7.65. The number of fused-ring (bicyclic) bond motifs is 1. The summed E-state index contributed by atoms with van der Waals surface area (Å²) in [4.78, 5) is 20.9. The van der Waals surface area contributed by atoms with Crippen LogP contribution in [0.15, 0.2) is 71.6 Å². The van der Waals surface area contributed by atoms with Crippen molar-refractivity contribution in [2.75, 3.05) is 33.3 Å². The molecule has 0 spiro atoms. The average molecular weight is 487 g/mol. The van der Waals surface area contributed by atoms with Gasteiger partial charge in [-0.2, -0.15) is 4.31 Å². The smallest absolute Gasteiger partial charge is 0.414 e. The topological polar surface area (TPSA) is 124 Å². The lowest BCUT2D eigenvalue weighted by molar-refractivity contribution is -0.159. The largest absolute Gasteiger partial charge is 0.497 e. The van der Waals surface area contributed by atoms with Crippen LogP contribution < -0.4 is 4.74 Å². The van der Waals surface area contributed by atoms with Gasteiger partial charge in [0.05, 0.1) is 12.0 Å². The summed E-state index contributed by atoms with van der Waals surface area (Å²) in [6.45, 7) is 3.27. The van der Waals surface area contributed by atoms with Crippen molar-refractivity contribution in [2.24, 2.45) is 0 Å². The van der Waals surface area contributed by atoms with Crippen LogP contribution in [0.4, 0.5) is 0 Å². The fraction of sp³-hybridized carbons (Fsp3) is 0.250. The van der Waals surface area contributed by atoms with Crippen LogP contribution in [0, 0.1) is 0 Å². The normalized spacial score (nSPS) is 14.7. The summed E-state index contributed by atoms with van der Waals surface area (Å²) in [5, 5.41) is 16.8.